The number of benzene rings is 2. The van der Waals surface area contributed by atoms with Gasteiger partial charge in [-0.05, 0) is 50.1 Å². The number of para-hydroxylation sites is 1. The van der Waals surface area contributed by atoms with E-state index in [4.69, 9.17) is 4.74 Å². The van der Waals surface area contributed by atoms with Gasteiger partial charge in [0.05, 0.1) is 11.1 Å². The van der Waals surface area contributed by atoms with E-state index in [9.17, 15) is 14.4 Å². The molecular formula is C26H29N3O4. The summed E-state index contributed by atoms with van der Waals surface area (Å²) in [5.74, 6) is -1.04. The smallest absolute Gasteiger partial charge is 0.339 e. The fourth-order valence-electron chi connectivity index (χ4n) is 3.49. The van der Waals surface area contributed by atoms with Gasteiger partial charge in [-0.1, -0.05) is 38.1 Å². The van der Waals surface area contributed by atoms with Gasteiger partial charge in [-0.15, -0.1) is 0 Å². The summed E-state index contributed by atoms with van der Waals surface area (Å²) < 4.78 is 5.30. The number of nitrogens with one attached hydrogen (secondary N) is 1. The maximum atomic E-state index is 12.8. The minimum atomic E-state index is -0.587. The fraction of sp³-hybridized carbons (Fsp3) is 0.308. The van der Waals surface area contributed by atoms with Crippen molar-refractivity contribution in [2.45, 2.75) is 33.6 Å². The molecule has 3 aromatic rings. The van der Waals surface area contributed by atoms with Gasteiger partial charge < -0.3 is 15.0 Å². The first-order valence-corrected chi connectivity index (χ1v) is 11.1. The normalized spacial score (nSPS) is 10.8. The Balaban J connectivity index is 1.69. The van der Waals surface area contributed by atoms with E-state index >= 15 is 0 Å². The van der Waals surface area contributed by atoms with Crippen LogP contribution in [0.15, 0.2) is 54.6 Å². The number of fused-ring (bicyclic) bond motifs is 1. The van der Waals surface area contributed by atoms with E-state index in [1.807, 2.05) is 52.0 Å². The molecule has 33 heavy (non-hydrogen) atoms. The Labute approximate surface area is 193 Å². The molecule has 0 aliphatic heterocycles. The number of hydrogen-bond acceptors (Lipinski definition) is 5. The lowest BCUT2D eigenvalue weighted by atomic mass is 10.0. The Bertz CT molecular complexity index is 1170. The second-order valence-corrected chi connectivity index (χ2v) is 7.95. The van der Waals surface area contributed by atoms with Crippen molar-refractivity contribution in [3.8, 4) is 0 Å². The van der Waals surface area contributed by atoms with Crippen molar-refractivity contribution in [1.29, 1.82) is 0 Å². The molecule has 7 heteroatoms. The Morgan fingerprint density at radius 1 is 1.00 bits per heavy atom. The first-order chi connectivity index (χ1) is 15.8. The molecule has 2 aromatic carbocycles. The highest BCUT2D eigenvalue weighted by Crippen LogP contribution is 2.23. The van der Waals surface area contributed by atoms with Crippen LogP contribution in [-0.2, 0) is 9.53 Å². The summed E-state index contributed by atoms with van der Waals surface area (Å²) in [6.07, 6.45) is 0. The Hall–Kier alpha value is -3.74. The third-order valence-electron chi connectivity index (χ3n) is 5.33. The lowest BCUT2D eigenvalue weighted by Crippen LogP contribution is -2.30. The van der Waals surface area contributed by atoms with E-state index in [2.05, 4.69) is 10.3 Å². The van der Waals surface area contributed by atoms with E-state index in [-0.39, 0.29) is 11.8 Å². The first kappa shape index (κ1) is 23.9. The topological polar surface area (TPSA) is 88.6 Å². The Morgan fingerprint density at radius 2 is 1.73 bits per heavy atom. The molecule has 0 saturated heterocycles. The predicted octanol–water partition coefficient (Wildman–Crippen LogP) is 4.64. The number of aromatic nitrogens is 1. The highest BCUT2D eigenvalue weighted by Gasteiger charge is 2.18. The average Bonchev–Trinajstić information content (AvgIpc) is 2.82. The number of carbonyl (C=O) groups is 3. The Kier molecular flexibility index (Phi) is 7.77. The van der Waals surface area contributed by atoms with Crippen LogP contribution in [0.25, 0.3) is 10.9 Å². The van der Waals surface area contributed by atoms with Crippen molar-refractivity contribution in [3.63, 3.8) is 0 Å². The van der Waals surface area contributed by atoms with Crippen molar-refractivity contribution in [2.75, 3.05) is 25.0 Å². The summed E-state index contributed by atoms with van der Waals surface area (Å²) in [5, 5.41) is 3.36. The number of anilines is 1. The minimum absolute atomic E-state index is 0.104. The van der Waals surface area contributed by atoms with Gasteiger partial charge in [0.2, 0.25) is 0 Å². The molecule has 1 N–H and O–H groups in total. The molecule has 0 saturated carbocycles. The molecule has 0 aliphatic rings. The van der Waals surface area contributed by atoms with Crippen molar-refractivity contribution in [1.82, 2.24) is 9.88 Å². The Morgan fingerprint density at radius 3 is 2.42 bits per heavy atom. The molecule has 0 spiro atoms. The van der Waals surface area contributed by atoms with Crippen LogP contribution < -0.4 is 5.32 Å². The number of nitrogens with zero attached hydrogens (tertiary/aromatic N) is 2. The summed E-state index contributed by atoms with van der Waals surface area (Å²) in [4.78, 5) is 44.1. The second kappa shape index (κ2) is 10.7. The highest BCUT2D eigenvalue weighted by molar-refractivity contribution is 6.04. The molecule has 0 atom stereocenters. The van der Waals surface area contributed by atoms with Gasteiger partial charge in [0.25, 0.3) is 11.8 Å². The third-order valence-corrected chi connectivity index (χ3v) is 5.33. The van der Waals surface area contributed by atoms with Crippen molar-refractivity contribution in [2.24, 2.45) is 0 Å². The number of rotatable bonds is 8. The quantitative estimate of drug-likeness (QED) is 0.509. The zero-order valence-electron chi connectivity index (χ0n) is 19.4. The zero-order valence-corrected chi connectivity index (χ0v) is 19.4. The molecule has 0 bridgehead atoms. The van der Waals surface area contributed by atoms with Crippen LogP contribution in [0.2, 0.25) is 0 Å². The number of hydrogen-bond donors (Lipinski definition) is 1. The maximum Gasteiger partial charge on any atom is 0.339 e. The SMILES string of the molecule is CCN(CC)C(=O)c1cccc(NC(=O)COC(=O)c2cc(C(C)C)nc3ccccc23)c1. The van der Waals surface area contributed by atoms with Crippen LogP contribution in [0, 0.1) is 0 Å². The lowest BCUT2D eigenvalue weighted by molar-refractivity contribution is -0.119. The van der Waals surface area contributed by atoms with Crippen LogP contribution >= 0.6 is 0 Å². The maximum absolute atomic E-state index is 12.8. The van der Waals surface area contributed by atoms with Crippen molar-refractivity contribution in [3.05, 3.63) is 71.4 Å². The number of ether oxygens (including phenoxy) is 1. The van der Waals surface area contributed by atoms with Gasteiger partial charge in [0.1, 0.15) is 0 Å². The van der Waals surface area contributed by atoms with Gasteiger partial charge in [-0.25, -0.2) is 4.79 Å². The number of esters is 1. The molecule has 1 heterocycles. The lowest BCUT2D eigenvalue weighted by Gasteiger charge is -2.19. The zero-order chi connectivity index (χ0) is 24.0. The number of pyridine rings is 1. The van der Waals surface area contributed by atoms with Gasteiger partial charge in [0.15, 0.2) is 6.61 Å². The highest BCUT2D eigenvalue weighted by atomic mass is 16.5. The molecule has 0 unspecified atom stereocenters. The second-order valence-electron chi connectivity index (χ2n) is 7.95. The van der Waals surface area contributed by atoms with E-state index in [1.54, 1.807) is 35.2 Å². The van der Waals surface area contributed by atoms with Crippen LogP contribution in [-0.4, -0.2) is 47.4 Å². The number of amides is 2. The first-order valence-electron chi connectivity index (χ1n) is 11.1. The van der Waals surface area contributed by atoms with Gasteiger partial charge in [-0.2, -0.15) is 0 Å². The van der Waals surface area contributed by atoms with Gasteiger partial charge >= 0.3 is 5.97 Å². The van der Waals surface area contributed by atoms with Crippen LogP contribution in [0.3, 0.4) is 0 Å². The van der Waals surface area contributed by atoms with Crippen LogP contribution in [0.4, 0.5) is 5.69 Å². The average molecular weight is 448 g/mol. The summed E-state index contributed by atoms with van der Waals surface area (Å²) in [6, 6.07) is 15.8. The predicted molar refractivity (Wildman–Crippen MR) is 128 cm³/mol. The van der Waals surface area contributed by atoms with Gasteiger partial charge in [0, 0.05) is 35.4 Å². The molecular weight excluding hydrogens is 418 g/mol. The standard InChI is InChI=1S/C26H29N3O4/c1-5-29(6-2)25(31)18-10-9-11-19(14-18)27-24(30)16-33-26(32)21-15-23(17(3)4)28-22-13-8-7-12-20(21)22/h7-15,17H,5-6,16H2,1-4H3,(H,27,30). The molecule has 7 nitrogen and oxygen atoms in total. The van der Waals surface area contributed by atoms with Gasteiger partial charge in [-0.3, -0.25) is 14.6 Å². The van der Waals surface area contributed by atoms with Crippen LogP contribution in [0.1, 0.15) is 60.0 Å². The summed E-state index contributed by atoms with van der Waals surface area (Å²) >= 11 is 0. The van der Waals surface area contributed by atoms with E-state index < -0.39 is 18.5 Å². The molecule has 3 rings (SSSR count). The monoisotopic (exact) mass is 447 g/mol. The van der Waals surface area contributed by atoms with E-state index in [0.29, 0.717) is 40.8 Å². The van der Waals surface area contributed by atoms with Crippen molar-refractivity contribution >= 4 is 34.4 Å². The third kappa shape index (κ3) is 5.74. The number of carbonyl (C=O) groups excluding carboxylic acids is 3. The summed E-state index contributed by atoms with van der Waals surface area (Å²) in [5.41, 5.74) is 2.81. The largest absolute Gasteiger partial charge is 0.452 e. The molecule has 172 valence electrons. The van der Waals surface area contributed by atoms with Crippen molar-refractivity contribution < 1.29 is 19.1 Å². The molecule has 0 aliphatic carbocycles. The molecule has 2 amide bonds. The fourth-order valence-corrected chi connectivity index (χ4v) is 3.49. The molecule has 0 radical (unpaired) electrons. The summed E-state index contributed by atoms with van der Waals surface area (Å²) in [6.45, 7) is 8.58. The van der Waals surface area contributed by atoms with E-state index in [0.717, 1.165) is 5.69 Å². The molecule has 1 aromatic heterocycles. The summed E-state index contributed by atoms with van der Waals surface area (Å²) in [7, 11) is 0. The minimum Gasteiger partial charge on any atom is -0.452 e. The van der Waals surface area contributed by atoms with E-state index in [1.165, 1.54) is 0 Å². The van der Waals surface area contributed by atoms with Crippen LogP contribution in [0.5, 0.6) is 0 Å². The molecule has 0 fully saturated rings.